The van der Waals surface area contributed by atoms with Crippen LogP contribution in [-0.4, -0.2) is 37.8 Å². The quantitative estimate of drug-likeness (QED) is 0.566. The second-order valence-corrected chi connectivity index (χ2v) is 8.53. The minimum atomic E-state index is -0.0725. The van der Waals surface area contributed by atoms with Crippen molar-refractivity contribution in [2.75, 3.05) is 13.2 Å². The molecule has 3 heterocycles. The molecule has 162 valence electrons. The number of aromatic nitrogens is 2. The number of pyridine rings is 1. The van der Waals surface area contributed by atoms with Crippen molar-refractivity contribution in [1.29, 1.82) is 0 Å². The molecular formula is C25H30N4OS. The molecule has 6 heteroatoms. The Kier molecular flexibility index (Phi) is 6.12. The van der Waals surface area contributed by atoms with E-state index < -0.39 is 0 Å². The lowest BCUT2D eigenvalue weighted by Crippen LogP contribution is -2.32. The molecular weight excluding hydrogens is 404 g/mol. The summed E-state index contributed by atoms with van der Waals surface area (Å²) < 4.78 is 2.37. The van der Waals surface area contributed by atoms with E-state index in [0.717, 1.165) is 12.1 Å². The normalized spacial score (nSPS) is 18.5. The van der Waals surface area contributed by atoms with Gasteiger partial charge in [-0.05, 0) is 74.3 Å². The zero-order valence-corrected chi connectivity index (χ0v) is 19.4. The summed E-state index contributed by atoms with van der Waals surface area (Å²) in [6.45, 7) is 9.25. The number of benzene rings is 1. The van der Waals surface area contributed by atoms with Gasteiger partial charge >= 0.3 is 0 Å². The predicted molar refractivity (Wildman–Crippen MR) is 129 cm³/mol. The topological polar surface area (TPSA) is 53.3 Å². The molecule has 31 heavy (non-hydrogen) atoms. The molecule has 1 saturated heterocycles. The van der Waals surface area contributed by atoms with Crippen molar-refractivity contribution in [2.45, 2.75) is 46.2 Å². The van der Waals surface area contributed by atoms with Crippen LogP contribution in [0.5, 0.6) is 0 Å². The maximum absolute atomic E-state index is 9.73. The number of aliphatic hydroxyl groups excluding tert-OH is 1. The first-order valence-electron chi connectivity index (χ1n) is 10.8. The summed E-state index contributed by atoms with van der Waals surface area (Å²) in [6, 6.07) is 14.6. The van der Waals surface area contributed by atoms with Gasteiger partial charge in [0.2, 0.25) is 0 Å². The number of para-hydroxylation sites is 1. The van der Waals surface area contributed by atoms with E-state index in [2.05, 4.69) is 71.7 Å². The Morgan fingerprint density at radius 1 is 1.13 bits per heavy atom. The van der Waals surface area contributed by atoms with Gasteiger partial charge in [0, 0.05) is 24.1 Å². The van der Waals surface area contributed by atoms with E-state index in [1.807, 2.05) is 24.4 Å². The third-order valence-electron chi connectivity index (χ3n) is 6.25. The molecule has 2 atom stereocenters. The van der Waals surface area contributed by atoms with Crippen LogP contribution in [0, 0.1) is 20.8 Å². The highest BCUT2D eigenvalue weighted by Crippen LogP contribution is 2.41. The number of hydrogen-bond acceptors (Lipinski definition) is 3. The lowest BCUT2D eigenvalue weighted by atomic mass is 9.96. The number of rotatable bonds is 6. The maximum Gasteiger partial charge on any atom is 0.170 e. The molecule has 1 fully saturated rings. The fourth-order valence-corrected chi connectivity index (χ4v) is 5.18. The smallest absolute Gasteiger partial charge is 0.170 e. The fraction of sp³-hybridized carbons (Fsp3) is 0.360. The molecule has 3 aromatic rings. The summed E-state index contributed by atoms with van der Waals surface area (Å²) >= 11 is 5.67. The number of hydrogen-bond donors (Lipinski definition) is 2. The van der Waals surface area contributed by atoms with Crippen molar-refractivity contribution in [3.8, 4) is 5.69 Å². The second-order valence-electron chi connectivity index (χ2n) is 8.14. The molecule has 0 aliphatic carbocycles. The number of β-amino-alcohol motifs (C(OH)–C–C–N with tert-alkyl or cyclic N) is 1. The first-order valence-corrected chi connectivity index (χ1v) is 11.2. The molecule has 2 unspecified atom stereocenters. The van der Waals surface area contributed by atoms with Gasteiger partial charge in [-0.25, -0.2) is 0 Å². The number of aliphatic hydroxyl groups is 1. The second kappa shape index (κ2) is 8.81. The van der Waals surface area contributed by atoms with E-state index >= 15 is 0 Å². The van der Waals surface area contributed by atoms with Crippen LogP contribution in [0.1, 0.15) is 52.8 Å². The largest absolute Gasteiger partial charge is 0.395 e. The van der Waals surface area contributed by atoms with E-state index in [9.17, 15) is 5.11 Å². The Morgan fingerprint density at radius 3 is 2.61 bits per heavy atom. The van der Waals surface area contributed by atoms with Gasteiger partial charge in [-0.2, -0.15) is 0 Å². The van der Waals surface area contributed by atoms with Gasteiger partial charge in [0.25, 0.3) is 0 Å². The zero-order chi connectivity index (χ0) is 22.1. The van der Waals surface area contributed by atoms with Crippen LogP contribution in [0.15, 0.2) is 48.7 Å². The standard InChI is InChI=1S/C25H30N4OS/c1-5-19-10-8-9-16(2)23(19)29-17(3)15-20(18(29)4)24-22(21-11-6-7-12-26-21)27-25(31)28(24)13-14-30/h6-12,15,22,24,30H,5,13-14H2,1-4H3,(H,27,31). The lowest BCUT2D eigenvalue weighted by Gasteiger charge is -2.27. The van der Waals surface area contributed by atoms with Crippen molar-refractivity contribution < 1.29 is 5.11 Å². The van der Waals surface area contributed by atoms with E-state index in [1.54, 1.807) is 0 Å². The summed E-state index contributed by atoms with van der Waals surface area (Å²) in [4.78, 5) is 6.70. The Bertz CT molecular complexity index is 1090. The van der Waals surface area contributed by atoms with Gasteiger partial charge in [-0.1, -0.05) is 31.2 Å². The van der Waals surface area contributed by atoms with E-state index in [1.165, 1.54) is 33.8 Å². The molecule has 0 spiro atoms. The first-order chi connectivity index (χ1) is 15.0. The van der Waals surface area contributed by atoms with Gasteiger partial charge in [0.15, 0.2) is 5.11 Å². The minimum absolute atomic E-state index is 0.0383. The molecule has 0 radical (unpaired) electrons. The highest BCUT2D eigenvalue weighted by atomic mass is 32.1. The summed E-state index contributed by atoms with van der Waals surface area (Å²) in [6.07, 6.45) is 2.79. The Labute approximate surface area is 189 Å². The first kappa shape index (κ1) is 21.5. The van der Waals surface area contributed by atoms with Crippen LogP contribution < -0.4 is 5.32 Å². The number of nitrogens with zero attached hydrogens (tertiary/aromatic N) is 3. The Morgan fingerprint density at radius 2 is 1.94 bits per heavy atom. The fourth-order valence-electron chi connectivity index (χ4n) is 4.85. The van der Waals surface area contributed by atoms with E-state index in [4.69, 9.17) is 12.2 Å². The lowest BCUT2D eigenvalue weighted by molar-refractivity contribution is 0.223. The van der Waals surface area contributed by atoms with Crippen molar-refractivity contribution in [2.24, 2.45) is 0 Å². The average molecular weight is 435 g/mol. The Hall–Kier alpha value is -2.70. The molecule has 1 aliphatic heterocycles. The summed E-state index contributed by atoms with van der Waals surface area (Å²) in [5.74, 6) is 0. The molecule has 1 aromatic carbocycles. The molecule has 0 amide bonds. The van der Waals surface area contributed by atoms with Gasteiger partial charge in [-0.3, -0.25) is 4.98 Å². The number of thiocarbonyl (C=S) groups is 1. The van der Waals surface area contributed by atoms with Crippen LogP contribution >= 0.6 is 12.2 Å². The van der Waals surface area contributed by atoms with Gasteiger partial charge in [-0.15, -0.1) is 0 Å². The monoisotopic (exact) mass is 434 g/mol. The SMILES string of the molecule is CCc1cccc(C)c1-n1c(C)cc(C2C(c3ccccn3)NC(=S)N2CCO)c1C. The third kappa shape index (κ3) is 3.75. The van der Waals surface area contributed by atoms with Crippen LogP contribution in [0.3, 0.4) is 0 Å². The molecule has 0 saturated carbocycles. The van der Waals surface area contributed by atoms with Crippen molar-refractivity contribution in [3.05, 3.63) is 82.4 Å². The van der Waals surface area contributed by atoms with Gasteiger partial charge in [0.05, 0.1) is 30.1 Å². The van der Waals surface area contributed by atoms with Crippen molar-refractivity contribution in [3.63, 3.8) is 0 Å². The van der Waals surface area contributed by atoms with Gasteiger partial charge in [0.1, 0.15) is 0 Å². The summed E-state index contributed by atoms with van der Waals surface area (Å²) in [7, 11) is 0. The van der Waals surface area contributed by atoms with Crippen LogP contribution in [0.2, 0.25) is 0 Å². The number of aryl methyl sites for hydroxylation is 3. The van der Waals surface area contributed by atoms with Crippen molar-refractivity contribution in [1.82, 2.24) is 19.8 Å². The van der Waals surface area contributed by atoms with Crippen LogP contribution in [0.25, 0.3) is 5.69 Å². The van der Waals surface area contributed by atoms with E-state index in [0.29, 0.717) is 11.7 Å². The zero-order valence-electron chi connectivity index (χ0n) is 18.6. The molecule has 4 rings (SSSR count). The minimum Gasteiger partial charge on any atom is -0.395 e. The summed E-state index contributed by atoms with van der Waals surface area (Å²) in [5, 5.41) is 13.8. The Balaban J connectivity index is 1.88. The van der Waals surface area contributed by atoms with Crippen LogP contribution in [0.4, 0.5) is 0 Å². The molecule has 2 N–H and O–H groups in total. The average Bonchev–Trinajstić information content (AvgIpc) is 3.24. The third-order valence-corrected chi connectivity index (χ3v) is 6.61. The molecule has 5 nitrogen and oxygen atoms in total. The van der Waals surface area contributed by atoms with E-state index in [-0.39, 0.29) is 18.7 Å². The van der Waals surface area contributed by atoms with Crippen molar-refractivity contribution >= 4 is 17.3 Å². The highest BCUT2D eigenvalue weighted by molar-refractivity contribution is 7.80. The predicted octanol–water partition coefficient (Wildman–Crippen LogP) is 4.32. The summed E-state index contributed by atoms with van der Waals surface area (Å²) in [5.41, 5.74) is 8.41. The molecule has 0 bridgehead atoms. The highest BCUT2D eigenvalue weighted by Gasteiger charge is 2.41. The van der Waals surface area contributed by atoms with Crippen LogP contribution in [-0.2, 0) is 6.42 Å². The molecule has 1 aliphatic rings. The van der Waals surface area contributed by atoms with Gasteiger partial charge < -0.3 is 19.9 Å². The maximum atomic E-state index is 9.73. The molecule has 2 aromatic heterocycles. The number of nitrogens with one attached hydrogen (secondary N) is 1.